The molecule has 0 N–H and O–H groups in total. The third-order valence-corrected chi connectivity index (χ3v) is 10.0. The Kier molecular flexibility index (Phi) is 4.63. The predicted octanol–water partition coefficient (Wildman–Crippen LogP) is 12.3. The van der Waals surface area contributed by atoms with Gasteiger partial charge in [0.1, 0.15) is 22.5 Å². The molecule has 2 nitrogen and oxygen atoms in total. The van der Waals surface area contributed by atoms with Gasteiger partial charge in [-0.3, -0.25) is 0 Å². The minimum absolute atomic E-state index is 0.862. The van der Waals surface area contributed by atoms with E-state index in [-0.39, 0.29) is 0 Å². The van der Waals surface area contributed by atoms with Gasteiger partial charge in [-0.2, -0.15) is 0 Å². The molecule has 0 amide bonds. The summed E-state index contributed by atoms with van der Waals surface area (Å²) in [5.74, 6) is 0.866. The van der Waals surface area contributed by atoms with E-state index in [4.69, 9.17) is 8.83 Å². The number of thiophene rings is 1. The highest BCUT2D eigenvalue weighted by Crippen LogP contribution is 2.48. The SMILES string of the molecule is c1ccc2c(c1)oc1cc3cc(-c4c5ccccc5c(-c5cccc6sc7ccccc7c56)c5ccccc45)oc3cc12. The second-order valence-corrected chi connectivity index (χ2v) is 12.3. The van der Waals surface area contributed by atoms with Gasteiger partial charge < -0.3 is 8.83 Å². The molecular weight excluding hydrogens is 545 g/mol. The summed E-state index contributed by atoms with van der Waals surface area (Å²) < 4.78 is 15.5. The molecule has 7 aromatic carbocycles. The molecule has 0 atom stereocenters. The molecule has 10 aromatic rings. The van der Waals surface area contributed by atoms with E-state index in [2.05, 4.69) is 115 Å². The van der Waals surface area contributed by atoms with Crippen LogP contribution in [0.15, 0.2) is 142 Å². The Bertz CT molecular complexity index is 2680. The summed E-state index contributed by atoms with van der Waals surface area (Å²) in [6, 6.07) is 47.6. The quantitative estimate of drug-likeness (QED) is 0.195. The number of furan rings is 2. The first-order valence-electron chi connectivity index (χ1n) is 14.5. The number of hydrogen-bond acceptors (Lipinski definition) is 3. The first kappa shape index (κ1) is 23.2. The van der Waals surface area contributed by atoms with E-state index in [0.717, 1.165) is 44.2 Å². The maximum Gasteiger partial charge on any atom is 0.136 e. The summed E-state index contributed by atoms with van der Waals surface area (Å²) in [6.45, 7) is 0. The summed E-state index contributed by atoms with van der Waals surface area (Å²) in [4.78, 5) is 0. The van der Waals surface area contributed by atoms with Crippen LogP contribution in [0, 0.1) is 0 Å². The standard InChI is InChI=1S/C40H22O2S/c1-3-13-27-25(11-1)38(30-16-9-19-37-40(30)29-15-6-8-18-36(29)43-37)26-12-2-4-14-28(26)39(27)35-21-23-20-34-31(22-33(23)42-35)24-10-5-7-17-32(24)41-34/h1-22H. The molecule has 0 aliphatic heterocycles. The molecule has 0 unspecified atom stereocenters. The number of rotatable bonds is 2. The van der Waals surface area contributed by atoms with Crippen LogP contribution in [0.2, 0.25) is 0 Å². The molecule has 0 aliphatic rings. The van der Waals surface area contributed by atoms with Crippen molar-refractivity contribution in [2.24, 2.45) is 0 Å². The molecule has 3 heteroatoms. The smallest absolute Gasteiger partial charge is 0.136 e. The van der Waals surface area contributed by atoms with Gasteiger partial charge in [0.15, 0.2) is 0 Å². The van der Waals surface area contributed by atoms with Crippen molar-refractivity contribution in [2.75, 3.05) is 0 Å². The molecule has 10 rings (SSSR count). The lowest BCUT2D eigenvalue weighted by molar-refractivity contribution is 0.633. The molecule has 0 saturated heterocycles. The fourth-order valence-corrected chi connectivity index (χ4v) is 8.18. The molecule has 3 heterocycles. The fourth-order valence-electron chi connectivity index (χ4n) is 7.05. The fraction of sp³-hybridized carbons (Fsp3) is 0. The minimum Gasteiger partial charge on any atom is -0.456 e. The van der Waals surface area contributed by atoms with Crippen molar-refractivity contribution in [3.05, 3.63) is 133 Å². The molecular formula is C40H22O2S. The Morgan fingerprint density at radius 1 is 0.395 bits per heavy atom. The second-order valence-electron chi connectivity index (χ2n) is 11.2. The average molecular weight is 567 g/mol. The highest BCUT2D eigenvalue weighted by molar-refractivity contribution is 7.25. The summed E-state index contributed by atoms with van der Waals surface area (Å²) in [7, 11) is 0. The largest absolute Gasteiger partial charge is 0.456 e. The zero-order valence-corrected chi connectivity index (χ0v) is 23.7. The number of fused-ring (bicyclic) bond motifs is 9. The molecule has 0 saturated carbocycles. The lowest BCUT2D eigenvalue weighted by Crippen LogP contribution is -1.90. The Hall–Kier alpha value is -5.38. The van der Waals surface area contributed by atoms with Gasteiger partial charge in [0, 0.05) is 41.9 Å². The topological polar surface area (TPSA) is 26.3 Å². The van der Waals surface area contributed by atoms with Gasteiger partial charge in [-0.05, 0) is 69.1 Å². The normalized spacial score (nSPS) is 12.2. The van der Waals surface area contributed by atoms with E-state index in [1.54, 1.807) is 0 Å². The van der Waals surface area contributed by atoms with Crippen LogP contribution in [0.4, 0.5) is 0 Å². The first-order valence-corrected chi connectivity index (χ1v) is 15.3. The van der Waals surface area contributed by atoms with Gasteiger partial charge >= 0.3 is 0 Å². The number of hydrogen-bond donors (Lipinski definition) is 0. The maximum atomic E-state index is 6.72. The Morgan fingerprint density at radius 3 is 1.79 bits per heavy atom. The first-order chi connectivity index (χ1) is 21.3. The summed E-state index contributed by atoms with van der Waals surface area (Å²) in [5.41, 5.74) is 6.29. The van der Waals surface area contributed by atoms with Gasteiger partial charge in [0.05, 0.1) is 0 Å². The molecule has 3 aromatic heterocycles. The predicted molar refractivity (Wildman–Crippen MR) is 182 cm³/mol. The Labute approximate surface area is 250 Å². The van der Waals surface area contributed by atoms with E-state index in [1.807, 2.05) is 29.5 Å². The Balaban J connectivity index is 1.30. The molecule has 200 valence electrons. The highest BCUT2D eigenvalue weighted by Gasteiger charge is 2.21. The van der Waals surface area contributed by atoms with Gasteiger partial charge in [-0.25, -0.2) is 0 Å². The van der Waals surface area contributed by atoms with E-state index in [0.29, 0.717) is 0 Å². The van der Waals surface area contributed by atoms with E-state index < -0.39 is 0 Å². The van der Waals surface area contributed by atoms with Crippen LogP contribution in [0.25, 0.3) is 97.1 Å². The van der Waals surface area contributed by atoms with Crippen molar-refractivity contribution in [2.45, 2.75) is 0 Å². The zero-order chi connectivity index (χ0) is 28.1. The molecule has 0 fully saturated rings. The third-order valence-electron chi connectivity index (χ3n) is 8.87. The van der Waals surface area contributed by atoms with Crippen LogP contribution in [-0.4, -0.2) is 0 Å². The van der Waals surface area contributed by atoms with Crippen LogP contribution >= 0.6 is 11.3 Å². The van der Waals surface area contributed by atoms with Crippen molar-refractivity contribution in [3.63, 3.8) is 0 Å². The highest BCUT2D eigenvalue weighted by atomic mass is 32.1. The van der Waals surface area contributed by atoms with E-state index >= 15 is 0 Å². The molecule has 0 bridgehead atoms. The van der Waals surface area contributed by atoms with Crippen molar-refractivity contribution in [1.29, 1.82) is 0 Å². The molecule has 0 aliphatic carbocycles. The van der Waals surface area contributed by atoms with Crippen LogP contribution in [0.5, 0.6) is 0 Å². The zero-order valence-electron chi connectivity index (χ0n) is 22.9. The van der Waals surface area contributed by atoms with Crippen LogP contribution in [0.1, 0.15) is 0 Å². The van der Waals surface area contributed by atoms with Crippen molar-refractivity contribution in [3.8, 4) is 22.5 Å². The van der Waals surface area contributed by atoms with E-state index in [1.165, 1.54) is 52.8 Å². The third kappa shape index (κ3) is 3.23. The maximum absolute atomic E-state index is 6.72. The number of benzene rings is 7. The van der Waals surface area contributed by atoms with Crippen molar-refractivity contribution >= 4 is 86.0 Å². The van der Waals surface area contributed by atoms with Crippen LogP contribution in [-0.2, 0) is 0 Å². The lowest BCUT2D eigenvalue weighted by atomic mass is 9.86. The number of para-hydroxylation sites is 1. The summed E-state index contributed by atoms with van der Waals surface area (Å²) in [6.07, 6.45) is 0. The van der Waals surface area contributed by atoms with Gasteiger partial charge in [0.2, 0.25) is 0 Å². The monoisotopic (exact) mass is 566 g/mol. The van der Waals surface area contributed by atoms with Gasteiger partial charge in [0.25, 0.3) is 0 Å². The Morgan fingerprint density at radius 2 is 1.02 bits per heavy atom. The summed E-state index contributed by atoms with van der Waals surface area (Å²) in [5, 5.41) is 10.7. The van der Waals surface area contributed by atoms with Crippen molar-refractivity contribution in [1.82, 2.24) is 0 Å². The van der Waals surface area contributed by atoms with E-state index in [9.17, 15) is 0 Å². The summed E-state index contributed by atoms with van der Waals surface area (Å²) >= 11 is 1.86. The molecule has 43 heavy (non-hydrogen) atoms. The van der Waals surface area contributed by atoms with Gasteiger partial charge in [-0.15, -0.1) is 11.3 Å². The van der Waals surface area contributed by atoms with Crippen LogP contribution < -0.4 is 0 Å². The van der Waals surface area contributed by atoms with Crippen molar-refractivity contribution < 1.29 is 8.83 Å². The molecule has 0 spiro atoms. The second kappa shape index (κ2) is 8.57. The lowest BCUT2D eigenvalue weighted by Gasteiger charge is -2.17. The van der Waals surface area contributed by atoms with Crippen LogP contribution in [0.3, 0.4) is 0 Å². The minimum atomic E-state index is 0.862. The molecule has 0 radical (unpaired) electrons. The average Bonchev–Trinajstić information content (AvgIpc) is 3.75. The van der Waals surface area contributed by atoms with Gasteiger partial charge in [-0.1, -0.05) is 97.1 Å².